The smallest absolute Gasteiger partial charge is 0.234 e. The van der Waals surface area contributed by atoms with Crippen molar-refractivity contribution in [2.75, 3.05) is 25.2 Å². The summed E-state index contributed by atoms with van der Waals surface area (Å²) in [4.78, 5) is 14.6. The molecule has 6 nitrogen and oxygen atoms in total. The standard InChI is InChI=1S/C22H28N2O4S/c1-17-5-3-4-6-19(17)13-23-22(25)15-24(20-11-12-29(26,27)16-20)14-18-7-9-21(28-2)10-8-18/h3-10,20H,11-16H2,1-2H3,(H,23,25). The number of rotatable bonds is 8. The molecule has 1 unspecified atom stereocenters. The van der Waals surface area contributed by atoms with Crippen molar-refractivity contribution in [3.05, 3.63) is 65.2 Å². The molecule has 1 atom stereocenters. The number of sulfone groups is 1. The van der Waals surface area contributed by atoms with Crippen molar-refractivity contribution < 1.29 is 17.9 Å². The number of ether oxygens (including phenoxy) is 1. The first-order valence-corrected chi connectivity index (χ1v) is 11.6. The van der Waals surface area contributed by atoms with E-state index in [4.69, 9.17) is 4.74 Å². The Kier molecular flexibility index (Phi) is 6.92. The number of aryl methyl sites for hydroxylation is 1. The quantitative estimate of drug-likeness (QED) is 0.715. The fourth-order valence-electron chi connectivity index (χ4n) is 3.59. The van der Waals surface area contributed by atoms with Gasteiger partial charge in [0.2, 0.25) is 5.91 Å². The van der Waals surface area contributed by atoms with Gasteiger partial charge in [-0.3, -0.25) is 9.69 Å². The summed E-state index contributed by atoms with van der Waals surface area (Å²) in [6, 6.07) is 15.4. The Morgan fingerprint density at radius 3 is 2.52 bits per heavy atom. The summed E-state index contributed by atoms with van der Waals surface area (Å²) in [6.07, 6.45) is 0.559. The predicted molar refractivity (Wildman–Crippen MR) is 113 cm³/mol. The van der Waals surface area contributed by atoms with Gasteiger partial charge in [0.05, 0.1) is 25.2 Å². The van der Waals surface area contributed by atoms with Gasteiger partial charge in [0.15, 0.2) is 9.84 Å². The van der Waals surface area contributed by atoms with Crippen LogP contribution in [0.4, 0.5) is 0 Å². The highest BCUT2D eigenvalue weighted by atomic mass is 32.2. The third-order valence-corrected chi connectivity index (χ3v) is 7.10. The molecule has 3 rings (SSSR count). The van der Waals surface area contributed by atoms with E-state index < -0.39 is 9.84 Å². The molecule has 1 amide bonds. The number of nitrogens with one attached hydrogen (secondary N) is 1. The van der Waals surface area contributed by atoms with Crippen LogP contribution >= 0.6 is 0 Å². The molecule has 0 radical (unpaired) electrons. The average molecular weight is 417 g/mol. The van der Waals surface area contributed by atoms with E-state index in [1.165, 1.54) is 0 Å². The number of amides is 1. The van der Waals surface area contributed by atoms with Crippen molar-refractivity contribution in [2.24, 2.45) is 0 Å². The van der Waals surface area contributed by atoms with E-state index in [1.807, 2.05) is 60.4 Å². The topological polar surface area (TPSA) is 75.7 Å². The zero-order valence-corrected chi connectivity index (χ0v) is 17.7. The molecule has 2 aromatic carbocycles. The summed E-state index contributed by atoms with van der Waals surface area (Å²) < 4.78 is 29.1. The second-order valence-corrected chi connectivity index (χ2v) is 9.74. The predicted octanol–water partition coefficient (Wildman–Crippen LogP) is 2.31. The Morgan fingerprint density at radius 2 is 1.90 bits per heavy atom. The molecule has 1 aliphatic heterocycles. The van der Waals surface area contributed by atoms with Crippen LogP contribution in [0, 0.1) is 6.92 Å². The molecular weight excluding hydrogens is 388 g/mol. The van der Waals surface area contributed by atoms with Gasteiger partial charge in [-0.25, -0.2) is 8.42 Å². The Labute approximate surface area is 172 Å². The van der Waals surface area contributed by atoms with Gasteiger partial charge in [0.25, 0.3) is 0 Å². The summed E-state index contributed by atoms with van der Waals surface area (Å²) in [7, 11) is -1.42. The third-order valence-electron chi connectivity index (χ3n) is 5.35. The molecule has 1 fully saturated rings. The Morgan fingerprint density at radius 1 is 1.17 bits per heavy atom. The van der Waals surface area contributed by atoms with Crippen LogP contribution in [0.2, 0.25) is 0 Å². The monoisotopic (exact) mass is 416 g/mol. The molecule has 7 heteroatoms. The van der Waals surface area contributed by atoms with Crippen molar-refractivity contribution in [2.45, 2.75) is 32.5 Å². The first kappa shape index (κ1) is 21.3. The molecule has 0 spiro atoms. The maximum absolute atomic E-state index is 12.6. The molecule has 0 bridgehead atoms. The average Bonchev–Trinajstić information content (AvgIpc) is 3.07. The van der Waals surface area contributed by atoms with E-state index in [2.05, 4.69) is 5.32 Å². The van der Waals surface area contributed by atoms with Crippen molar-refractivity contribution in [3.8, 4) is 5.75 Å². The summed E-state index contributed by atoms with van der Waals surface area (Å²) in [5.74, 6) is 0.946. The largest absolute Gasteiger partial charge is 0.497 e. The van der Waals surface area contributed by atoms with Crippen LogP contribution in [0.1, 0.15) is 23.1 Å². The number of hydrogen-bond donors (Lipinski definition) is 1. The first-order chi connectivity index (χ1) is 13.9. The highest BCUT2D eigenvalue weighted by Crippen LogP contribution is 2.21. The van der Waals surface area contributed by atoms with Crippen LogP contribution in [-0.4, -0.2) is 50.4 Å². The molecule has 0 saturated carbocycles. The summed E-state index contributed by atoms with van der Waals surface area (Å²) >= 11 is 0. The lowest BCUT2D eigenvalue weighted by Gasteiger charge is -2.27. The fraction of sp³-hybridized carbons (Fsp3) is 0.409. The molecule has 29 heavy (non-hydrogen) atoms. The van der Waals surface area contributed by atoms with Gasteiger partial charge in [-0.05, 0) is 42.2 Å². The molecule has 0 aliphatic carbocycles. The van der Waals surface area contributed by atoms with Crippen molar-refractivity contribution >= 4 is 15.7 Å². The number of carbonyl (C=O) groups is 1. The fourth-order valence-corrected chi connectivity index (χ4v) is 5.35. The molecule has 0 aromatic heterocycles. The number of carbonyl (C=O) groups excluding carboxylic acids is 1. The van der Waals surface area contributed by atoms with Crippen LogP contribution in [0.5, 0.6) is 5.75 Å². The van der Waals surface area contributed by atoms with Crippen LogP contribution < -0.4 is 10.1 Å². The minimum Gasteiger partial charge on any atom is -0.497 e. The van der Waals surface area contributed by atoms with Gasteiger partial charge in [0, 0.05) is 19.1 Å². The number of nitrogens with zero attached hydrogens (tertiary/aromatic N) is 1. The first-order valence-electron chi connectivity index (χ1n) is 9.75. The van der Waals surface area contributed by atoms with Crippen molar-refractivity contribution in [3.63, 3.8) is 0 Å². The van der Waals surface area contributed by atoms with Crippen molar-refractivity contribution in [1.29, 1.82) is 0 Å². The molecule has 1 aliphatic rings. The maximum Gasteiger partial charge on any atom is 0.234 e. The molecule has 1 N–H and O–H groups in total. The zero-order chi connectivity index (χ0) is 20.9. The van der Waals surface area contributed by atoms with E-state index >= 15 is 0 Å². The highest BCUT2D eigenvalue weighted by Gasteiger charge is 2.33. The van der Waals surface area contributed by atoms with E-state index in [9.17, 15) is 13.2 Å². The van der Waals surface area contributed by atoms with Gasteiger partial charge in [-0.2, -0.15) is 0 Å². The number of methoxy groups -OCH3 is 1. The minimum absolute atomic E-state index is 0.105. The SMILES string of the molecule is COc1ccc(CN(CC(=O)NCc2ccccc2C)C2CCS(=O)(=O)C2)cc1. The summed E-state index contributed by atoms with van der Waals surface area (Å²) in [6.45, 7) is 3.16. The number of hydrogen-bond acceptors (Lipinski definition) is 5. The second-order valence-electron chi connectivity index (χ2n) is 7.51. The summed E-state index contributed by atoms with van der Waals surface area (Å²) in [5.41, 5.74) is 3.22. The van der Waals surface area contributed by atoms with Gasteiger partial charge in [0.1, 0.15) is 5.75 Å². The molecular formula is C22H28N2O4S. The molecule has 1 saturated heterocycles. The maximum atomic E-state index is 12.6. The summed E-state index contributed by atoms with van der Waals surface area (Å²) in [5, 5.41) is 2.97. The lowest BCUT2D eigenvalue weighted by molar-refractivity contribution is -0.123. The van der Waals surface area contributed by atoms with Gasteiger partial charge < -0.3 is 10.1 Å². The van der Waals surface area contributed by atoms with Crippen LogP contribution in [0.3, 0.4) is 0 Å². The third kappa shape index (κ3) is 6.05. The van der Waals surface area contributed by atoms with Crippen molar-refractivity contribution in [1.82, 2.24) is 10.2 Å². The van der Waals surface area contributed by atoms with Gasteiger partial charge in [-0.1, -0.05) is 36.4 Å². The lowest BCUT2D eigenvalue weighted by atomic mass is 10.1. The molecule has 1 heterocycles. The minimum atomic E-state index is -3.03. The van der Waals surface area contributed by atoms with Crippen LogP contribution in [0.25, 0.3) is 0 Å². The van der Waals surface area contributed by atoms with E-state index in [0.717, 1.165) is 22.4 Å². The highest BCUT2D eigenvalue weighted by molar-refractivity contribution is 7.91. The Bertz CT molecular complexity index is 942. The molecule has 2 aromatic rings. The van der Waals surface area contributed by atoms with E-state index in [-0.39, 0.29) is 30.0 Å². The van der Waals surface area contributed by atoms with E-state index in [1.54, 1.807) is 7.11 Å². The normalized spacial score (nSPS) is 18.0. The Hall–Kier alpha value is -2.38. The second kappa shape index (κ2) is 9.41. The van der Waals surface area contributed by atoms with Gasteiger partial charge >= 0.3 is 0 Å². The molecule has 156 valence electrons. The Balaban J connectivity index is 1.67. The van der Waals surface area contributed by atoms with E-state index in [0.29, 0.717) is 19.5 Å². The van der Waals surface area contributed by atoms with Gasteiger partial charge in [-0.15, -0.1) is 0 Å². The lowest BCUT2D eigenvalue weighted by Crippen LogP contribution is -2.43. The van der Waals surface area contributed by atoms with Crippen LogP contribution in [-0.2, 0) is 27.7 Å². The number of benzene rings is 2. The van der Waals surface area contributed by atoms with Crippen LogP contribution in [0.15, 0.2) is 48.5 Å². The zero-order valence-electron chi connectivity index (χ0n) is 16.9.